The van der Waals surface area contributed by atoms with Crippen LogP contribution in [0.5, 0.6) is 5.75 Å². The van der Waals surface area contributed by atoms with Gasteiger partial charge in [-0.3, -0.25) is 4.79 Å². The Morgan fingerprint density at radius 1 is 1.48 bits per heavy atom. The van der Waals surface area contributed by atoms with Crippen molar-refractivity contribution >= 4 is 29.6 Å². The van der Waals surface area contributed by atoms with Gasteiger partial charge in [-0.25, -0.2) is 4.79 Å². The number of rotatable bonds is 6. The molecule has 0 spiro atoms. The van der Waals surface area contributed by atoms with Gasteiger partial charge in [-0.15, -0.1) is 0 Å². The van der Waals surface area contributed by atoms with E-state index in [9.17, 15) is 9.59 Å². The summed E-state index contributed by atoms with van der Waals surface area (Å²) < 4.78 is 5.53. The lowest BCUT2D eigenvalue weighted by Crippen LogP contribution is -2.37. The molecule has 0 aromatic heterocycles. The summed E-state index contributed by atoms with van der Waals surface area (Å²) in [6.45, 7) is 1.66. The highest BCUT2D eigenvalue weighted by Crippen LogP contribution is 2.27. The molecule has 1 aliphatic carbocycles. The largest absolute Gasteiger partial charge is 0.479 e. The number of carboxylic acids is 1. The highest BCUT2D eigenvalue weighted by molar-refractivity contribution is 6.32. The van der Waals surface area contributed by atoms with Crippen molar-refractivity contribution in [1.82, 2.24) is 5.32 Å². The van der Waals surface area contributed by atoms with Crippen LogP contribution in [0, 0.1) is 0 Å². The summed E-state index contributed by atoms with van der Waals surface area (Å²) in [5.74, 6) is -0.803. The zero-order valence-corrected chi connectivity index (χ0v) is 12.3. The molecule has 0 heterocycles. The van der Waals surface area contributed by atoms with Crippen molar-refractivity contribution in [2.45, 2.75) is 31.9 Å². The molecule has 5 nitrogen and oxygen atoms in total. The molecule has 6 heteroatoms. The predicted molar refractivity (Wildman–Crippen MR) is 79.4 cm³/mol. The highest BCUT2D eigenvalue weighted by Gasteiger charge is 2.26. The second-order valence-corrected chi connectivity index (χ2v) is 5.31. The third-order valence-corrected chi connectivity index (χ3v) is 3.27. The maximum absolute atomic E-state index is 11.8. The number of amides is 1. The molecule has 1 fully saturated rings. The van der Waals surface area contributed by atoms with Crippen molar-refractivity contribution in [3.8, 4) is 5.75 Å². The van der Waals surface area contributed by atoms with Crippen molar-refractivity contribution in [2.75, 3.05) is 0 Å². The number of ether oxygens (including phenoxy) is 1. The number of hydrogen-bond acceptors (Lipinski definition) is 3. The minimum absolute atomic E-state index is 0.164. The molecule has 0 saturated heterocycles. The van der Waals surface area contributed by atoms with E-state index in [2.05, 4.69) is 5.32 Å². The first kappa shape index (κ1) is 15.4. The monoisotopic (exact) mass is 309 g/mol. The second-order valence-electron chi connectivity index (χ2n) is 4.90. The van der Waals surface area contributed by atoms with Gasteiger partial charge in [0.05, 0.1) is 5.02 Å². The van der Waals surface area contributed by atoms with Gasteiger partial charge in [-0.1, -0.05) is 17.7 Å². The summed E-state index contributed by atoms with van der Waals surface area (Å²) in [7, 11) is 0. The van der Waals surface area contributed by atoms with E-state index in [1.54, 1.807) is 25.1 Å². The van der Waals surface area contributed by atoms with Crippen LogP contribution >= 0.6 is 11.6 Å². The van der Waals surface area contributed by atoms with Gasteiger partial charge in [0, 0.05) is 12.1 Å². The van der Waals surface area contributed by atoms with E-state index in [-0.39, 0.29) is 11.9 Å². The Kier molecular flexibility index (Phi) is 4.85. The molecular formula is C15H16ClNO4. The zero-order chi connectivity index (χ0) is 15.4. The molecule has 1 aromatic rings. The van der Waals surface area contributed by atoms with Crippen LogP contribution in [0.1, 0.15) is 25.3 Å². The van der Waals surface area contributed by atoms with E-state index in [0.717, 1.165) is 18.9 Å². The van der Waals surface area contributed by atoms with Crippen LogP contribution in [0.4, 0.5) is 0 Å². The number of halogens is 1. The van der Waals surface area contributed by atoms with Crippen molar-refractivity contribution in [1.29, 1.82) is 0 Å². The third-order valence-electron chi connectivity index (χ3n) is 2.97. The lowest BCUT2D eigenvalue weighted by atomic mass is 10.2. The summed E-state index contributed by atoms with van der Waals surface area (Å²) in [5.41, 5.74) is 0.643. The quantitative estimate of drug-likeness (QED) is 0.792. The molecule has 1 amide bonds. The fraction of sp³-hybridized carbons (Fsp3) is 0.333. The maximum atomic E-state index is 11.8. The Morgan fingerprint density at radius 2 is 2.19 bits per heavy atom. The molecule has 1 aliphatic rings. The SMILES string of the molecule is CC(Oc1ccc(C=CC(=O)O)cc1Cl)C(=O)NC1CC1. The van der Waals surface area contributed by atoms with E-state index in [1.807, 2.05) is 0 Å². The third kappa shape index (κ3) is 4.79. The molecule has 0 aliphatic heterocycles. The number of aliphatic carboxylic acids is 1. The molecule has 1 unspecified atom stereocenters. The van der Waals surface area contributed by atoms with Crippen molar-refractivity contribution < 1.29 is 19.4 Å². The Labute approximate surface area is 127 Å². The van der Waals surface area contributed by atoms with Crippen molar-refractivity contribution in [2.24, 2.45) is 0 Å². The lowest BCUT2D eigenvalue weighted by Gasteiger charge is -2.15. The first-order valence-electron chi connectivity index (χ1n) is 6.63. The van der Waals surface area contributed by atoms with Crippen molar-refractivity contribution in [3.63, 3.8) is 0 Å². The molecule has 1 atom stereocenters. The molecular weight excluding hydrogens is 294 g/mol. The number of hydrogen-bond donors (Lipinski definition) is 2. The van der Waals surface area contributed by atoms with E-state index in [0.29, 0.717) is 16.3 Å². The second kappa shape index (κ2) is 6.63. The van der Waals surface area contributed by atoms with Crippen LogP contribution in [0.2, 0.25) is 5.02 Å². The van der Waals surface area contributed by atoms with Crippen molar-refractivity contribution in [3.05, 3.63) is 34.9 Å². The van der Waals surface area contributed by atoms with Crippen LogP contribution in [0.15, 0.2) is 24.3 Å². The van der Waals surface area contributed by atoms with E-state index >= 15 is 0 Å². The normalized spacial score (nSPS) is 15.7. The van der Waals surface area contributed by atoms with Gasteiger partial charge in [0.2, 0.25) is 0 Å². The van der Waals surface area contributed by atoms with Crippen LogP contribution in [-0.2, 0) is 9.59 Å². The van der Waals surface area contributed by atoms with Crippen LogP contribution in [-0.4, -0.2) is 29.1 Å². The smallest absolute Gasteiger partial charge is 0.328 e. The Bertz CT molecular complexity index is 581. The van der Waals surface area contributed by atoms with Gasteiger partial charge in [-0.05, 0) is 43.5 Å². The Hall–Kier alpha value is -2.01. The first-order valence-corrected chi connectivity index (χ1v) is 7.01. The molecule has 1 aromatic carbocycles. The van der Waals surface area contributed by atoms with Crippen LogP contribution in [0.3, 0.4) is 0 Å². The zero-order valence-electron chi connectivity index (χ0n) is 11.5. The van der Waals surface area contributed by atoms with Gasteiger partial charge in [0.25, 0.3) is 5.91 Å². The first-order chi connectivity index (χ1) is 9.95. The predicted octanol–water partition coefficient (Wildman–Crippen LogP) is 2.48. The average Bonchev–Trinajstić information content (AvgIpc) is 3.22. The molecule has 0 radical (unpaired) electrons. The standard InChI is InChI=1S/C15H16ClNO4/c1-9(15(20)17-11-4-5-11)21-13-6-2-10(8-12(13)16)3-7-14(18)19/h2-3,6-9,11H,4-5H2,1H3,(H,17,20)(H,18,19). The topological polar surface area (TPSA) is 75.6 Å². The summed E-state index contributed by atoms with van der Waals surface area (Å²) in [6.07, 6.45) is 3.86. The average molecular weight is 310 g/mol. The van der Waals surface area contributed by atoms with Crippen LogP contribution < -0.4 is 10.1 Å². The number of nitrogens with one attached hydrogen (secondary N) is 1. The minimum Gasteiger partial charge on any atom is -0.479 e. The molecule has 1 saturated carbocycles. The molecule has 112 valence electrons. The summed E-state index contributed by atoms with van der Waals surface area (Å²) in [6, 6.07) is 5.15. The number of benzene rings is 1. The maximum Gasteiger partial charge on any atom is 0.328 e. The lowest BCUT2D eigenvalue weighted by molar-refractivity contribution is -0.131. The number of carboxylic acid groups (broad SMARTS) is 1. The van der Waals surface area contributed by atoms with Gasteiger partial charge < -0.3 is 15.2 Å². The molecule has 21 heavy (non-hydrogen) atoms. The van der Waals surface area contributed by atoms with E-state index in [1.165, 1.54) is 6.08 Å². The number of carbonyl (C=O) groups excluding carboxylic acids is 1. The van der Waals surface area contributed by atoms with Gasteiger partial charge in [0.15, 0.2) is 6.10 Å². The van der Waals surface area contributed by atoms with Gasteiger partial charge in [-0.2, -0.15) is 0 Å². The molecule has 2 rings (SSSR count). The highest BCUT2D eigenvalue weighted by atomic mass is 35.5. The molecule has 2 N–H and O–H groups in total. The summed E-state index contributed by atoms with van der Waals surface area (Å²) in [5, 5.41) is 11.7. The fourth-order valence-electron chi connectivity index (χ4n) is 1.67. The van der Waals surface area contributed by atoms with Gasteiger partial charge >= 0.3 is 5.97 Å². The fourth-order valence-corrected chi connectivity index (χ4v) is 1.91. The summed E-state index contributed by atoms with van der Waals surface area (Å²) >= 11 is 6.07. The van der Waals surface area contributed by atoms with Gasteiger partial charge in [0.1, 0.15) is 5.75 Å². The van der Waals surface area contributed by atoms with E-state index < -0.39 is 12.1 Å². The number of carbonyl (C=O) groups is 2. The summed E-state index contributed by atoms with van der Waals surface area (Å²) in [4.78, 5) is 22.2. The molecule has 0 bridgehead atoms. The van der Waals surface area contributed by atoms with E-state index in [4.69, 9.17) is 21.4 Å². The Morgan fingerprint density at radius 3 is 2.76 bits per heavy atom. The van der Waals surface area contributed by atoms with Crippen LogP contribution in [0.25, 0.3) is 6.08 Å². The Balaban J connectivity index is 1.99. The minimum atomic E-state index is -1.03.